The molecule has 3 heterocycles. The lowest BCUT2D eigenvalue weighted by Gasteiger charge is -2.24. The second-order valence-electron chi connectivity index (χ2n) is 7.05. The van der Waals surface area contributed by atoms with Crippen LogP contribution in [-0.4, -0.2) is 37.0 Å². The van der Waals surface area contributed by atoms with Crippen LogP contribution in [0.25, 0.3) is 11.3 Å². The molecule has 0 radical (unpaired) electrons. The number of fused-ring (bicyclic) bond motifs is 1. The van der Waals surface area contributed by atoms with Gasteiger partial charge in [0.2, 0.25) is 0 Å². The second-order valence-corrected chi connectivity index (χ2v) is 8.04. The van der Waals surface area contributed by atoms with E-state index in [1.54, 1.807) is 12.4 Å². The monoisotopic (exact) mass is 357 g/mol. The lowest BCUT2D eigenvalue weighted by atomic mass is 9.95. The first-order chi connectivity index (χ1) is 11.8. The Hall–Kier alpha value is -2.24. The Balaban J connectivity index is 2.10. The summed E-state index contributed by atoms with van der Waals surface area (Å²) in [6, 6.07) is 1.97. The average molecular weight is 357 g/mol. The summed E-state index contributed by atoms with van der Waals surface area (Å²) in [5.41, 5.74) is 0.279. The minimum atomic E-state index is -0.381. The van der Waals surface area contributed by atoms with Crippen LogP contribution in [0.1, 0.15) is 32.2 Å². The average Bonchev–Trinajstić information content (AvgIpc) is 2.60. The van der Waals surface area contributed by atoms with Gasteiger partial charge in [-0.3, -0.25) is 9.36 Å². The van der Waals surface area contributed by atoms with E-state index in [1.165, 1.54) is 16.3 Å². The highest BCUT2D eigenvalue weighted by molar-refractivity contribution is 7.99. The molecule has 0 amide bonds. The number of aliphatic hydroxyl groups excluding tert-OH is 1. The molecule has 1 N–H and O–H groups in total. The number of hydrogen-bond donors (Lipinski definition) is 1. The van der Waals surface area contributed by atoms with Gasteiger partial charge in [-0.15, -0.1) is 0 Å². The fourth-order valence-electron chi connectivity index (χ4n) is 2.57. The zero-order valence-corrected chi connectivity index (χ0v) is 15.2. The van der Waals surface area contributed by atoms with Crippen LogP contribution in [0.3, 0.4) is 0 Å². The van der Waals surface area contributed by atoms with Gasteiger partial charge in [-0.25, -0.2) is 15.0 Å². The zero-order chi connectivity index (χ0) is 18.2. The summed E-state index contributed by atoms with van der Waals surface area (Å²) >= 11 is 1.41. The Bertz CT molecular complexity index is 893. The summed E-state index contributed by atoms with van der Waals surface area (Å²) in [5, 5.41) is 19.4. The molecule has 8 heteroatoms. The topological polar surface area (TPSA) is 105 Å². The van der Waals surface area contributed by atoms with Gasteiger partial charge < -0.3 is 5.11 Å². The predicted octanol–water partition coefficient (Wildman–Crippen LogP) is 1.58. The number of aromatic nitrogens is 4. The van der Waals surface area contributed by atoms with E-state index in [0.29, 0.717) is 34.5 Å². The maximum Gasteiger partial charge on any atom is 0.272 e. The number of nitriles is 1. The summed E-state index contributed by atoms with van der Waals surface area (Å²) in [6.45, 7) is 6.42. The van der Waals surface area contributed by atoms with Gasteiger partial charge in [0.05, 0.1) is 5.69 Å². The molecule has 3 rings (SSSR count). The highest BCUT2D eigenvalue weighted by atomic mass is 32.2. The number of nitrogens with zero attached hydrogens (tertiary/aromatic N) is 5. The zero-order valence-electron chi connectivity index (χ0n) is 14.4. The van der Waals surface area contributed by atoms with Crippen molar-refractivity contribution < 1.29 is 5.11 Å². The Kier molecular flexibility index (Phi) is 4.62. The van der Waals surface area contributed by atoms with Crippen LogP contribution in [0, 0.1) is 17.2 Å². The molecule has 0 saturated heterocycles. The highest BCUT2D eigenvalue weighted by Crippen LogP contribution is 2.28. The molecular formula is C17H19N5O2S. The molecular weight excluding hydrogens is 338 g/mol. The fraction of sp³-hybridized carbons (Fsp3) is 0.471. The molecule has 0 bridgehead atoms. The van der Waals surface area contributed by atoms with Crippen molar-refractivity contribution in [3.63, 3.8) is 0 Å². The standard InChI is InChI=1S/C17H19N5O2S/c1-17(2,3)15-19-5-11(6-20-15)13-12(4-18)14(24)22-7-10(8-23)9-25-16(22)21-13/h5-6,10,23H,7-9H2,1-3H3/t10-/m0/s1. The smallest absolute Gasteiger partial charge is 0.272 e. The maximum absolute atomic E-state index is 12.7. The van der Waals surface area contributed by atoms with E-state index in [-0.39, 0.29) is 29.1 Å². The summed E-state index contributed by atoms with van der Waals surface area (Å²) in [5.74, 6) is 1.36. The third-order valence-electron chi connectivity index (χ3n) is 3.99. The lowest BCUT2D eigenvalue weighted by molar-refractivity contribution is 0.217. The minimum absolute atomic E-state index is 0.00459. The molecule has 0 spiro atoms. The van der Waals surface area contributed by atoms with E-state index in [2.05, 4.69) is 15.0 Å². The molecule has 130 valence electrons. The van der Waals surface area contributed by atoms with E-state index >= 15 is 0 Å². The van der Waals surface area contributed by atoms with Gasteiger partial charge in [0.1, 0.15) is 17.5 Å². The van der Waals surface area contributed by atoms with Crippen molar-refractivity contribution in [2.24, 2.45) is 5.92 Å². The molecule has 1 aliphatic heterocycles. The number of hydrogen-bond acceptors (Lipinski definition) is 7. The quantitative estimate of drug-likeness (QED) is 0.814. The van der Waals surface area contributed by atoms with Crippen LogP contribution in [0.4, 0.5) is 0 Å². The van der Waals surface area contributed by atoms with Crippen molar-refractivity contribution in [1.29, 1.82) is 5.26 Å². The molecule has 0 aliphatic carbocycles. The van der Waals surface area contributed by atoms with Crippen LogP contribution < -0.4 is 5.56 Å². The predicted molar refractivity (Wildman–Crippen MR) is 94.2 cm³/mol. The van der Waals surface area contributed by atoms with Crippen molar-refractivity contribution in [3.8, 4) is 17.3 Å². The molecule has 1 atom stereocenters. The van der Waals surface area contributed by atoms with Crippen molar-refractivity contribution >= 4 is 11.8 Å². The molecule has 0 fully saturated rings. The first-order valence-corrected chi connectivity index (χ1v) is 8.95. The van der Waals surface area contributed by atoms with Crippen LogP contribution in [0.15, 0.2) is 22.3 Å². The first kappa shape index (κ1) is 17.6. The van der Waals surface area contributed by atoms with Crippen molar-refractivity contribution in [3.05, 3.63) is 34.1 Å². The van der Waals surface area contributed by atoms with Gasteiger partial charge in [0, 0.05) is 48.2 Å². The van der Waals surface area contributed by atoms with Crippen molar-refractivity contribution in [2.75, 3.05) is 12.4 Å². The summed E-state index contributed by atoms with van der Waals surface area (Å²) < 4.78 is 1.47. The van der Waals surface area contributed by atoms with Gasteiger partial charge in [0.15, 0.2) is 5.16 Å². The first-order valence-electron chi connectivity index (χ1n) is 7.96. The van der Waals surface area contributed by atoms with Gasteiger partial charge in [-0.05, 0) is 0 Å². The Morgan fingerprint density at radius 2 is 2.08 bits per heavy atom. The Morgan fingerprint density at radius 1 is 1.40 bits per heavy atom. The van der Waals surface area contributed by atoms with Crippen LogP contribution in [0.2, 0.25) is 0 Å². The Labute approximate surface area is 149 Å². The summed E-state index contributed by atoms with van der Waals surface area (Å²) in [7, 11) is 0. The van der Waals surface area contributed by atoms with Crippen LogP contribution in [0.5, 0.6) is 0 Å². The third-order valence-corrected chi connectivity index (χ3v) is 5.20. The van der Waals surface area contributed by atoms with E-state index < -0.39 is 0 Å². The van der Waals surface area contributed by atoms with Gasteiger partial charge in [0.25, 0.3) is 5.56 Å². The molecule has 0 aromatic carbocycles. The summed E-state index contributed by atoms with van der Waals surface area (Å²) in [6.07, 6.45) is 3.22. The van der Waals surface area contributed by atoms with Crippen LogP contribution in [-0.2, 0) is 12.0 Å². The van der Waals surface area contributed by atoms with E-state index in [4.69, 9.17) is 0 Å². The molecule has 1 aliphatic rings. The summed E-state index contributed by atoms with van der Waals surface area (Å²) in [4.78, 5) is 25.9. The molecule has 0 saturated carbocycles. The fourth-order valence-corrected chi connectivity index (χ4v) is 3.63. The van der Waals surface area contributed by atoms with E-state index in [9.17, 15) is 15.2 Å². The molecule has 0 unspecified atom stereocenters. The molecule has 25 heavy (non-hydrogen) atoms. The number of rotatable bonds is 2. The SMILES string of the molecule is CC(C)(C)c1ncc(-c2nc3n(c(=O)c2C#N)C[C@@H](CO)CS3)cn1. The van der Waals surface area contributed by atoms with Crippen molar-refractivity contribution in [1.82, 2.24) is 19.5 Å². The molecule has 2 aromatic rings. The van der Waals surface area contributed by atoms with Gasteiger partial charge >= 0.3 is 0 Å². The molecule has 7 nitrogen and oxygen atoms in total. The van der Waals surface area contributed by atoms with E-state index in [1.807, 2.05) is 26.8 Å². The number of aliphatic hydroxyl groups is 1. The molecule has 2 aromatic heterocycles. The van der Waals surface area contributed by atoms with Crippen LogP contribution >= 0.6 is 11.8 Å². The second kappa shape index (κ2) is 6.58. The Morgan fingerprint density at radius 3 is 2.64 bits per heavy atom. The van der Waals surface area contributed by atoms with Gasteiger partial charge in [-0.2, -0.15) is 5.26 Å². The maximum atomic E-state index is 12.7. The van der Waals surface area contributed by atoms with Gasteiger partial charge in [-0.1, -0.05) is 32.5 Å². The third kappa shape index (κ3) is 3.30. The number of thioether (sulfide) groups is 1. The van der Waals surface area contributed by atoms with E-state index in [0.717, 1.165) is 0 Å². The lowest BCUT2D eigenvalue weighted by Crippen LogP contribution is -2.34. The van der Waals surface area contributed by atoms with Crippen molar-refractivity contribution in [2.45, 2.75) is 37.9 Å². The normalized spacial score (nSPS) is 17.0. The largest absolute Gasteiger partial charge is 0.396 e. The highest BCUT2D eigenvalue weighted by Gasteiger charge is 2.25. The minimum Gasteiger partial charge on any atom is -0.396 e.